The summed E-state index contributed by atoms with van der Waals surface area (Å²) in [5, 5.41) is 0.836. The highest BCUT2D eigenvalue weighted by molar-refractivity contribution is 6.33. The maximum absolute atomic E-state index is 13.5. The first-order chi connectivity index (χ1) is 17.4. The second-order valence-corrected chi connectivity index (χ2v) is 9.94. The Hall–Kier alpha value is -3.12. The van der Waals surface area contributed by atoms with Gasteiger partial charge in [-0.25, -0.2) is 14.0 Å². The van der Waals surface area contributed by atoms with Crippen molar-refractivity contribution < 1.29 is 18.3 Å². The minimum Gasteiger partial charge on any atom is -0.484 e. The molecule has 5 rings (SSSR count). The first kappa shape index (κ1) is 24.6. The lowest BCUT2D eigenvalue weighted by molar-refractivity contribution is 0.0728. The van der Waals surface area contributed by atoms with E-state index in [0.717, 1.165) is 38.9 Å². The van der Waals surface area contributed by atoms with Crippen molar-refractivity contribution in [3.63, 3.8) is 0 Å². The standard InChI is InChI=1S/C28H28ClFN2O4/c1-3-10-32-19-5-6-20(32)15-31(14-19)26(16-33)17(2)35-21-7-9-23-24(13-28(34)36-27(23)12-21)22-8-4-18(30)11-25(22)29/h4,7-9,11-13,17,19-20H,3,5-6,10,14-15H2,1-2H3/t17-,19?,20?/m1/s1. The normalized spacial score (nSPS) is 20.4. The SMILES string of the molecule is CCCN1C2CCC1CN(C(=C=O)[C@@H](C)Oc1ccc3c(-c4ccc(F)cc4Cl)cc(=O)oc3c1)C2. The number of rotatable bonds is 7. The van der Waals surface area contributed by atoms with Crippen LogP contribution in [0.25, 0.3) is 22.1 Å². The van der Waals surface area contributed by atoms with Gasteiger partial charge in [0.2, 0.25) is 0 Å². The van der Waals surface area contributed by atoms with Crippen molar-refractivity contribution in [3.05, 3.63) is 69.4 Å². The van der Waals surface area contributed by atoms with Gasteiger partial charge in [0, 0.05) is 53.8 Å². The molecule has 2 aliphatic heterocycles. The summed E-state index contributed by atoms with van der Waals surface area (Å²) in [6.07, 6.45) is 2.88. The van der Waals surface area contributed by atoms with Crippen molar-refractivity contribution in [1.82, 2.24) is 9.80 Å². The Kier molecular flexibility index (Phi) is 6.89. The molecule has 3 aromatic rings. The largest absolute Gasteiger partial charge is 0.484 e. The van der Waals surface area contributed by atoms with Crippen LogP contribution in [0.3, 0.4) is 0 Å². The van der Waals surface area contributed by atoms with Crippen LogP contribution in [0.15, 0.2) is 57.4 Å². The zero-order chi connectivity index (χ0) is 25.4. The summed E-state index contributed by atoms with van der Waals surface area (Å²) >= 11 is 6.25. The highest BCUT2D eigenvalue weighted by atomic mass is 35.5. The van der Waals surface area contributed by atoms with Crippen LogP contribution in [-0.4, -0.2) is 53.6 Å². The molecule has 0 N–H and O–H groups in total. The van der Waals surface area contributed by atoms with Crippen molar-refractivity contribution >= 4 is 28.5 Å². The van der Waals surface area contributed by atoms with Gasteiger partial charge in [-0.1, -0.05) is 18.5 Å². The average molecular weight is 511 g/mol. The van der Waals surface area contributed by atoms with Gasteiger partial charge in [0.25, 0.3) is 0 Å². The summed E-state index contributed by atoms with van der Waals surface area (Å²) in [6.45, 7) is 6.70. The molecule has 1 aromatic heterocycles. The summed E-state index contributed by atoms with van der Waals surface area (Å²) in [5.41, 5.74) is 1.32. The van der Waals surface area contributed by atoms with E-state index in [2.05, 4.69) is 22.7 Å². The fraction of sp³-hybridized carbons (Fsp3) is 0.393. The predicted octanol–water partition coefficient (Wildman–Crippen LogP) is 5.29. The van der Waals surface area contributed by atoms with Gasteiger partial charge in [0.1, 0.15) is 34.9 Å². The molecule has 8 heteroatoms. The number of ether oxygens (including phenoxy) is 1. The van der Waals surface area contributed by atoms with E-state index in [0.29, 0.717) is 45.6 Å². The number of hydrogen-bond donors (Lipinski definition) is 0. The average Bonchev–Trinajstić information content (AvgIpc) is 3.06. The minimum absolute atomic E-state index is 0.199. The van der Waals surface area contributed by atoms with Crippen molar-refractivity contribution in [2.45, 2.75) is 51.3 Å². The van der Waals surface area contributed by atoms with E-state index in [9.17, 15) is 14.0 Å². The van der Waals surface area contributed by atoms with E-state index in [1.54, 1.807) is 18.2 Å². The lowest BCUT2D eigenvalue weighted by Gasteiger charge is -2.42. The van der Waals surface area contributed by atoms with E-state index >= 15 is 0 Å². The van der Waals surface area contributed by atoms with Gasteiger partial charge in [-0.05, 0) is 63.1 Å². The lowest BCUT2D eigenvalue weighted by atomic mass is 10.0. The van der Waals surface area contributed by atoms with Gasteiger partial charge >= 0.3 is 5.63 Å². The number of piperazine rings is 1. The quantitative estimate of drug-likeness (QED) is 0.318. The van der Waals surface area contributed by atoms with Crippen LogP contribution < -0.4 is 10.4 Å². The molecule has 2 saturated heterocycles. The van der Waals surface area contributed by atoms with E-state index in [-0.39, 0.29) is 5.02 Å². The van der Waals surface area contributed by atoms with Crippen molar-refractivity contribution in [2.75, 3.05) is 19.6 Å². The number of fused-ring (bicyclic) bond motifs is 3. The van der Waals surface area contributed by atoms with Gasteiger partial charge in [-0.2, -0.15) is 0 Å². The van der Waals surface area contributed by atoms with Gasteiger partial charge in [-0.15, -0.1) is 0 Å². The molecule has 3 heterocycles. The van der Waals surface area contributed by atoms with Crippen LogP contribution in [0.5, 0.6) is 5.75 Å². The molecule has 2 bridgehead atoms. The third kappa shape index (κ3) is 4.66. The summed E-state index contributed by atoms with van der Waals surface area (Å²) in [4.78, 5) is 29.0. The van der Waals surface area contributed by atoms with Crippen LogP contribution in [0.1, 0.15) is 33.1 Å². The summed E-state index contributed by atoms with van der Waals surface area (Å²) in [5.74, 6) is 2.13. The zero-order valence-corrected chi connectivity index (χ0v) is 21.1. The smallest absolute Gasteiger partial charge is 0.336 e. The molecule has 0 aliphatic carbocycles. The third-order valence-corrected chi connectivity index (χ3v) is 7.51. The number of nitrogens with zero attached hydrogens (tertiary/aromatic N) is 2. The Labute approximate surface area is 213 Å². The minimum atomic E-state index is -0.558. The molecular formula is C28H28ClFN2O4. The predicted molar refractivity (Wildman–Crippen MR) is 138 cm³/mol. The van der Waals surface area contributed by atoms with Gasteiger partial charge in [-0.3, -0.25) is 4.90 Å². The number of halogens is 2. The van der Waals surface area contributed by atoms with Crippen LogP contribution >= 0.6 is 11.6 Å². The molecule has 6 nitrogen and oxygen atoms in total. The van der Waals surface area contributed by atoms with Crippen molar-refractivity contribution in [1.29, 1.82) is 0 Å². The van der Waals surface area contributed by atoms with Crippen LogP contribution in [0, 0.1) is 5.82 Å². The first-order valence-corrected chi connectivity index (χ1v) is 12.7. The van der Waals surface area contributed by atoms with Crippen LogP contribution in [0.4, 0.5) is 4.39 Å². The Morgan fingerprint density at radius 2 is 1.92 bits per heavy atom. The molecule has 2 aromatic carbocycles. The maximum Gasteiger partial charge on any atom is 0.336 e. The second-order valence-electron chi connectivity index (χ2n) is 9.54. The molecule has 0 spiro atoms. The Balaban J connectivity index is 1.39. The van der Waals surface area contributed by atoms with E-state index in [1.165, 1.54) is 24.3 Å². The lowest BCUT2D eigenvalue weighted by Crippen LogP contribution is -2.54. The van der Waals surface area contributed by atoms with E-state index in [4.69, 9.17) is 20.8 Å². The van der Waals surface area contributed by atoms with Gasteiger partial charge < -0.3 is 14.1 Å². The first-order valence-electron chi connectivity index (χ1n) is 12.3. The fourth-order valence-electron chi connectivity index (χ4n) is 5.62. The molecule has 0 amide bonds. The molecular weight excluding hydrogens is 483 g/mol. The topological polar surface area (TPSA) is 63.0 Å². The molecule has 0 radical (unpaired) electrons. The number of benzene rings is 2. The van der Waals surface area contributed by atoms with Crippen LogP contribution in [0.2, 0.25) is 5.02 Å². The number of carbonyl (C=O) groups excluding carboxylic acids is 1. The van der Waals surface area contributed by atoms with Crippen molar-refractivity contribution in [3.8, 4) is 16.9 Å². The molecule has 3 atom stereocenters. The van der Waals surface area contributed by atoms with E-state index < -0.39 is 17.5 Å². The molecule has 188 valence electrons. The third-order valence-electron chi connectivity index (χ3n) is 7.20. The number of hydrogen-bond acceptors (Lipinski definition) is 6. The fourth-order valence-corrected chi connectivity index (χ4v) is 5.89. The van der Waals surface area contributed by atoms with Crippen molar-refractivity contribution in [2.24, 2.45) is 0 Å². The van der Waals surface area contributed by atoms with Crippen LogP contribution in [-0.2, 0) is 4.79 Å². The summed E-state index contributed by atoms with van der Waals surface area (Å²) in [6, 6.07) is 11.4. The summed E-state index contributed by atoms with van der Waals surface area (Å²) in [7, 11) is 0. The highest BCUT2D eigenvalue weighted by Crippen LogP contribution is 2.35. The molecule has 0 saturated carbocycles. The second kappa shape index (κ2) is 10.1. The van der Waals surface area contributed by atoms with Gasteiger partial charge in [0.05, 0.1) is 5.02 Å². The van der Waals surface area contributed by atoms with Gasteiger partial charge in [0.15, 0.2) is 0 Å². The maximum atomic E-state index is 13.5. The molecule has 2 aliphatic rings. The molecule has 2 unspecified atom stereocenters. The molecule has 36 heavy (non-hydrogen) atoms. The Morgan fingerprint density at radius 1 is 1.17 bits per heavy atom. The monoisotopic (exact) mass is 510 g/mol. The number of likely N-dealkylation sites (tertiary alicyclic amines) is 1. The Morgan fingerprint density at radius 3 is 2.58 bits per heavy atom. The summed E-state index contributed by atoms with van der Waals surface area (Å²) < 4.78 is 25.1. The van der Waals surface area contributed by atoms with E-state index in [1.807, 2.05) is 6.92 Å². The molecule has 2 fully saturated rings. The highest BCUT2D eigenvalue weighted by Gasteiger charge is 2.40. The zero-order valence-electron chi connectivity index (χ0n) is 20.3. The Bertz CT molecular complexity index is 1390.